The van der Waals surface area contributed by atoms with Gasteiger partial charge in [0.1, 0.15) is 0 Å². The van der Waals surface area contributed by atoms with Crippen molar-refractivity contribution in [2.24, 2.45) is 5.73 Å². The third-order valence-electron chi connectivity index (χ3n) is 2.70. The molecule has 0 saturated heterocycles. The Kier molecular flexibility index (Phi) is 5.29. The Balaban J connectivity index is 2.52. The molecule has 16 heavy (non-hydrogen) atoms. The van der Waals surface area contributed by atoms with Crippen molar-refractivity contribution in [2.75, 3.05) is 32.2 Å². The van der Waals surface area contributed by atoms with Gasteiger partial charge in [0.2, 0.25) is 0 Å². The first-order valence-electron chi connectivity index (χ1n) is 5.70. The molecule has 0 unspecified atom stereocenters. The fourth-order valence-corrected chi connectivity index (χ4v) is 1.61. The Morgan fingerprint density at radius 3 is 2.44 bits per heavy atom. The second-order valence-electron chi connectivity index (χ2n) is 4.15. The van der Waals surface area contributed by atoms with Crippen LogP contribution in [-0.4, -0.2) is 27.3 Å². The molecule has 0 radical (unpaired) electrons. The Labute approximate surface area is 98.2 Å². The number of rotatable bonds is 6. The van der Waals surface area contributed by atoms with Gasteiger partial charge >= 0.3 is 0 Å². The van der Waals surface area contributed by atoms with Crippen molar-refractivity contribution in [2.45, 2.75) is 19.4 Å². The molecule has 1 atom stereocenters. The normalized spacial score (nSPS) is 12.5. The summed E-state index contributed by atoms with van der Waals surface area (Å²) in [5.74, 6) is 0. The predicted molar refractivity (Wildman–Crippen MR) is 68.8 cm³/mol. The fraction of sp³-hybridized carbons (Fsp3) is 0.538. The highest BCUT2D eigenvalue weighted by atomic mass is 16.5. The second-order valence-corrected chi connectivity index (χ2v) is 4.15. The van der Waals surface area contributed by atoms with Gasteiger partial charge in [-0.25, -0.2) is 0 Å². The minimum atomic E-state index is 0.104. The van der Waals surface area contributed by atoms with Crippen LogP contribution in [0.2, 0.25) is 0 Å². The topological polar surface area (TPSA) is 38.5 Å². The first-order valence-corrected chi connectivity index (χ1v) is 5.70. The van der Waals surface area contributed by atoms with Crippen molar-refractivity contribution in [3.8, 4) is 0 Å². The number of nitrogens with zero attached hydrogens (tertiary/aromatic N) is 1. The van der Waals surface area contributed by atoms with E-state index in [0.29, 0.717) is 0 Å². The Hall–Kier alpha value is -1.06. The van der Waals surface area contributed by atoms with E-state index in [0.717, 1.165) is 19.6 Å². The van der Waals surface area contributed by atoms with E-state index in [-0.39, 0.29) is 6.04 Å². The summed E-state index contributed by atoms with van der Waals surface area (Å²) in [6.07, 6.45) is 1.04. The number of hydrogen-bond donors (Lipinski definition) is 1. The van der Waals surface area contributed by atoms with Crippen LogP contribution in [0.3, 0.4) is 0 Å². The molecule has 3 nitrogen and oxygen atoms in total. The van der Waals surface area contributed by atoms with E-state index in [1.165, 1.54) is 11.3 Å². The first kappa shape index (κ1) is 13.0. The molecule has 0 aromatic heterocycles. The van der Waals surface area contributed by atoms with Gasteiger partial charge in [0.25, 0.3) is 0 Å². The van der Waals surface area contributed by atoms with Crippen LogP contribution in [0.5, 0.6) is 0 Å². The number of hydrogen-bond acceptors (Lipinski definition) is 3. The lowest BCUT2D eigenvalue weighted by Gasteiger charge is -2.19. The zero-order valence-electron chi connectivity index (χ0n) is 10.4. The van der Waals surface area contributed by atoms with Gasteiger partial charge in [0.05, 0.1) is 0 Å². The van der Waals surface area contributed by atoms with Crippen molar-refractivity contribution in [3.05, 3.63) is 29.8 Å². The van der Waals surface area contributed by atoms with Gasteiger partial charge in [0, 0.05) is 39.0 Å². The van der Waals surface area contributed by atoms with Crippen molar-refractivity contribution in [1.82, 2.24) is 0 Å². The van der Waals surface area contributed by atoms with Gasteiger partial charge in [-0.05, 0) is 31.0 Å². The molecule has 1 aromatic rings. The molecular weight excluding hydrogens is 200 g/mol. The maximum absolute atomic E-state index is 5.81. The highest BCUT2D eigenvalue weighted by Crippen LogP contribution is 2.17. The summed E-state index contributed by atoms with van der Waals surface area (Å²) in [5.41, 5.74) is 8.21. The summed E-state index contributed by atoms with van der Waals surface area (Å²) < 4.78 is 5.04. The quantitative estimate of drug-likeness (QED) is 0.750. The van der Waals surface area contributed by atoms with Crippen LogP contribution < -0.4 is 10.6 Å². The number of benzene rings is 1. The van der Waals surface area contributed by atoms with Crippen molar-refractivity contribution < 1.29 is 4.74 Å². The number of methoxy groups -OCH3 is 1. The van der Waals surface area contributed by atoms with Crippen LogP contribution in [-0.2, 0) is 4.74 Å². The summed E-state index contributed by atoms with van der Waals surface area (Å²) >= 11 is 0. The average Bonchev–Trinajstić information content (AvgIpc) is 2.29. The lowest BCUT2D eigenvalue weighted by Crippen LogP contribution is -2.19. The maximum Gasteiger partial charge on any atom is 0.0479 e. The van der Waals surface area contributed by atoms with E-state index in [2.05, 4.69) is 36.2 Å². The van der Waals surface area contributed by atoms with Gasteiger partial charge in [-0.1, -0.05) is 12.1 Å². The summed E-state index contributed by atoms with van der Waals surface area (Å²) in [7, 11) is 3.83. The smallest absolute Gasteiger partial charge is 0.0479 e. The van der Waals surface area contributed by atoms with E-state index >= 15 is 0 Å². The molecule has 0 aliphatic rings. The molecule has 2 N–H and O–H groups in total. The van der Waals surface area contributed by atoms with E-state index in [4.69, 9.17) is 10.5 Å². The summed E-state index contributed by atoms with van der Waals surface area (Å²) in [4.78, 5) is 2.23. The first-order chi connectivity index (χ1) is 7.65. The second kappa shape index (κ2) is 6.51. The Morgan fingerprint density at radius 2 is 1.94 bits per heavy atom. The summed E-state index contributed by atoms with van der Waals surface area (Å²) in [6, 6.07) is 8.52. The molecule has 0 fully saturated rings. The highest BCUT2D eigenvalue weighted by molar-refractivity contribution is 5.47. The van der Waals surface area contributed by atoms with E-state index in [1.807, 2.05) is 6.92 Å². The summed E-state index contributed by atoms with van der Waals surface area (Å²) in [5, 5.41) is 0. The van der Waals surface area contributed by atoms with Crippen LogP contribution in [0.25, 0.3) is 0 Å². The van der Waals surface area contributed by atoms with Gasteiger partial charge in [-0.3, -0.25) is 0 Å². The van der Waals surface area contributed by atoms with Gasteiger partial charge < -0.3 is 15.4 Å². The van der Waals surface area contributed by atoms with E-state index in [1.54, 1.807) is 7.11 Å². The zero-order chi connectivity index (χ0) is 12.0. The Morgan fingerprint density at radius 1 is 1.31 bits per heavy atom. The maximum atomic E-state index is 5.81. The minimum absolute atomic E-state index is 0.104. The lowest BCUT2D eigenvalue weighted by atomic mass is 10.1. The molecule has 0 saturated carbocycles. The Bertz CT molecular complexity index is 295. The zero-order valence-corrected chi connectivity index (χ0v) is 10.4. The molecule has 1 rings (SSSR count). The van der Waals surface area contributed by atoms with Gasteiger partial charge in [0.15, 0.2) is 0 Å². The summed E-state index contributed by atoms with van der Waals surface area (Å²) in [6.45, 7) is 3.81. The SMILES string of the molecule is COCCCN(C)c1ccc([C@@H](C)N)cc1. The van der Waals surface area contributed by atoms with Crippen LogP contribution in [0, 0.1) is 0 Å². The molecule has 0 spiro atoms. The number of anilines is 1. The number of ether oxygens (including phenoxy) is 1. The van der Waals surface area contributed by atoms with Crippen molar-refractivity contribution in [3.63, 3.8) is 0 Å². The largest absolute Gasteiger partial charge is 0.385 e. The molecule has 0 aliphatic carbocycles. The number of nitrogens with two attached hydrogens (primary N) is 1. The minimum Gasteiger partial charge on any atom is -0.385 e. The molecule has 90 valence electrons. The highest BCUT2D eigenvalue weighted by Gasteiger charge is 2.02. The molecule has 0 bridgehead atoms. The van der Waals surface area contributed by atoms with Crippen LogP contribution in [0.15, 0.2) is 24.3 Å². The molecule has 0 heterocycles. The molecule has 0 aliphatic heterocycles. The molecule has 0 amide bonds. The van der Waals surface area contributed by atoms with Gasteiger partial charge in [-0.2, -0.15) is 0 Å². The predicted octanol–water partition coefficient (Wildman–Crippen LogP) is 2.18. The molecule has 1 aromatic carbocycles. The van der Waals surface area contributed by atoms with Gasteiger partial charge in [-0.15, -0.1) is 0 Å². The molecular formula is C13H22N2O. The average molecular weight is 222 g/mol. The third-order valence-corrected chi connectivity index (χ3v) is 2.70. The van der Waals surface area contributed by atoms with Crippen LogP contribution in [0.1, 0.15) is 24.9 Å². The van der Waals surface area contributed by atoms with Crippen LogP contribution in [0.4, 0.5) is 5.69 Å². The van der Waals surface area contributed by atoms with Crippen molar-refractivity contribution in [1.29, 1.82) is 0 Å². The van der Waals surface area contributed by atoms with Crippen LogP contribution >= 0.6 is 0 Å². The fourth-order valence-electron chi connectivity index (χ4n) is 1.61. The van der Waals surface area contributed by atoms with E-state index in [9.17, 15) is 0 Å². The lowest BCUT2D eigenvalue weighted by molar-refractivity contribution is 0.196. The van der Waals surface area contributed by atoms with Crippen molar-refractivity contribution >= 4 is 5.69 Å². The standard InChI is InChI=1S/C13H22N2O/c1-11(14)12-5-7-13(8-6-12)15(2)9-4-10-16-3/h5-8,11H,4,9-10,14H2,1-3H3/t11-/m1/s1. The monoisotopic (exact) mass is 222 g/mol. The van der Waals surface area contributed by atoms with E-state index < -0.39 is 0 Å². The molecule has 3 heteroatoms. The third kappa shape index (κ3) is 3.83.